The molecule has 1 aliphatic heterocycles. The maximum atomic E-state index is 11.8. The zero-order chi connectivity index (χ0) is 16.2. The molecule has 1 amide bonds. The summed E-state index contributed by atoms with van der Waals surface area (Å²) in [6, 6.07) is 7.77. The maximum Gasteiger partial charge on any atom is 0.220 e. The van der Waals surface area contributed by atoms with Crippen molar-refractivity contribution in [3.05, 3.63) is 29.3 Å². The van der Waals surface area contributed by atoms with Gasteiger partial charge < -0.3 is 10.2 Å². The predicted molar refractivity (Wildman–Crippen MR) is 89.2 cm³/mol. The Morgan fingerprint density at radius 3 is 2.91 bits per heavy atom. The zero-order valence-electron chi connectivity index (χ0n) is 12.6. The normalized spacial score (nSPS) is 18.5. The summed E-state index contributed by atoms with van der Waals surface area (Å²) in [6.45, 7) is 1.62. The summed E-state index contributed by atoms with van der Waals surface area (Å²) in [5.74, 6) is -0.0266. The number of rotatable bonds is 6. The van der Waals surface area contributed by atoms with E-state index in [1.54, 1.807) is 0 Å². The van der Waals surface area contributed by atoms with Crippen LogP contribution < -0.4 is 10.2 Å². The van der Waals surface area contributed by atoms with Gasteiger partial charge in [0, 0.05) is 42.5 Å². The average Bonchev–Trinajstić information content (AvgIpc) is 2.85. The Kier molecular flexibility index (Phi) is 5.69. The highest BCUT2D eigenvalue weighted by Gasteiger charge is 2.24. The van der Waals surface area contributed by atoms with E-state index in [1.165, 1.54) is 6.26 Å². The van der Waals surface area contributed by atoms with Crippen LogP contribution in [0.4, 0.5) is 5.69 Å². The Balaban J connectivity index is 1.77. The number of nitrogens with zero attached hydrogens (tertiary/aromatic N) is 1. The van der Waals surface area contributed by atoms with Gasteiger partial charge in [-0.15, -0.1) is 0 Å². The molecule has 22 heavy (non-hydrogen) atoms. The first-order valence-electron chi connectivity index (χ1n) is 7.31. The fourth-order valence-electron chi connectivity index (χ4n) is 2.58. The van der Waals surface area contributed by atoms with Crippen molar-refractivity contribution in [2.24, 2.45) is 0 Å². The first-order valence-corrected chi connectivity index (χ1v) is 9.75. The van der Waals surface area contributed by atoms with Gasteiger partial charge in [0.2, 0.25) is 5.91 Å². The Morgan fingerprint density at radius 1 is 1.45 bits per heavy atom. The van der Waals surface area contributed by atoms with Crippen molar-refractivity contribution in [3.8, 4) is 0 Å². The van der Waals surface area contributed by atoms with Crippen LogP contribution in [0.2, 0.25) is 5.02 Å². The smallest absolute Gasteiger partial charge is 0.220 e. The van der Waals surface area contributed by atoms with Gasteiger partial charge in [-0.25, -0.2) is 8.42 Å². The summed E-state index contributed by atoms with van der Waals surface area (Å²) in [6.07, 6.45) is 2.69. The van der Waals surface area contributed by atoms with Crippen molar-refractivity contribution >= 4 is 33.0 Å². The summed E-state index contributed by atoms with van der Waals surface area (Å²) in [4.78, 5) is 14.0. The fourth-order valence-corrected chi connectivity index (χ4v) is 3.43. The highest BCUT2D eigenvalue weighted by Crippen LogP contribution is 2.23. The van der Waals surface area contributed by atoms with Gasteiger partial charge in [-0.05, 0) is 31.0 Å². The molecular weight excluding hydrogens is 324 g/mol. The van der Waals surface area contributed by atoms with Crippen LogP contribution in [0, 0.1) is 0 Å². The lowest BCUT2D eigenvalue weighted by Crippen LogP contribution is -2.37. The lowest BCUT2D eigenvalue weighted by Gasteiger charge is -2.19. The second-order valence-corrected chi connectivity index (χ2v) is 8.41. The summed E-state index contributed by atoms with van der Waals surface area (Å²) >= 11 is 5.99. The Hall–Kier alpha value is -1.27. The topological polar surface area (TPSA) is 66.5 Å². The van der Waals surface area contributed by atoms with Crippen molar-refractivity contribution in [3.63, 3.8) is 0 Å². The van der Waals surface area contributed by atoms with E-state index in [4.69, 9.17) is 11.6 Å². The molecule has 7 heteroatoms. The van der Waals surface area contributed by atoms with Crippen LogP contribution in [0.1, 0.15) is 19.3 Å². The van der Waals surface area contributed by atoms with Crippen molar-refractivity contribution < 1.29 is 13.2 Å². The van der Waals surface area contributed by atoms with Crippen LogP contribution in [-0.2, 0) is 14.6 Å². The molecular formula is C15H21ClN2O3S. The van der Waals surface area contributed by atoms with Crippen molar-refractivity contribution in [1.82, 2.24) is 5.32 Å². The Morgan fingerprint density at radius 2 is 2.23 bits per heavy atom. The number of hydrogen-bond acceptors (Lipinski definition) is 4. The van der Waals surface area contributed by atoms with Crippen LogP contribution in [0.3, 0.4) is 0 Å². The molecule has 1 heterocycles. The molecule has 0 aliphatic carbocycles. The molecule has 1 aliphatic rings. The minimum absolute atomic E-state index is 0.0553. The molecule has 0 aromatic heterocycles. The molecule has 0 radical (unpaired) electrons. The van der Waals surface area contributed by atoms with E-state index >= 15 is 0 Å². The standard InChI is InChI=1S/C15H21ClN2O3S/c1-22(20,21)9-3-6-15(19)17-13-7-8-18(11-13)14-5-2-4-12(16)10-14/h2,4-5,10,13H,3,6-9,11H2,1H3,(H,17,19)/t13-/m1/s1. The molecule has 0 unspecified atom stereocenters. The van der Waals surface area contributed by atoms with Gasteiger partial charge in [0.1, 0.15) is 9.84 Å². The summed E-state index contributed by atoms with van der Waals surface area (Å²) in [7, 11) is -3.00. The summed E-state index contributed by atoms with van der Waals surface area (Å²) in [5, 5.41) is 3.67. The molecule has 122 valence electrons. The second kappa shape index (κ2) is 7.33. The monoisotopic (exact) mass is 344 g/mol. The van der Waals surface area contributed by atoms with Gasteiger partial charge in [0.25, 0.3) is 0 Å². The van der Waals surface area contributed by atoms with E-state index in [1.807, 2.05) is 24.3 Å². The molecule has 0 bridgehead atoms. The molecule has 0 spiro atoms. The Labute approximate surface area is 136 Å². The third kappa shape index (κ3) is 5.50. The highest BCUT2D eigenvalue weighted by atomic mass is 35.5. The average molecular weight is 345 g/mol. The Bertz CT molecular complexity index is 633. The number of halogens is 1. The van der Waals surface area contributed by atoms with Crippen LogP contribution in [-0.4, -0.2) is 45.5 Å². The van der Waals surface area contributed by atoms with Crippen LogP contribution >= 0.6 is 11.6 Å². The molecule has 1 saturated heterocycles. The highest BCUT2D eigenvalue weighted by molar-refractivity contribution is 7.90. The molecule has 1 aromatic carbocycles. The summed E-state index contributed by atoms with van der Waals surface area (Å²) < 4.78 is 22.1. The first kappa shape index (κ1) is 17.1. The third-order valence-electron chi connectivity index (χ3n) is 3.65. The molecule has 1 aromatic rings. The molecule has 1 N–H and O–H groups in total. The van der Waals surface area contributed by atoms with E-state index in [2.05, 4.69) is 10.2 Å². The number of amides is 1. The van der Waals surface area contributed by atoms with E-state index < -0.39 is 9.84 Å². The first-order chi connectivity index (χ1) is 10.3. The van der Waals surface area contributed by atoms with Gasteiger partial charge in [-0.2, -0.15) is 0 Å². The van der Waals surface area contributed by atoms with Crippen LogP contribution in [0.25, 0.3) is 0 Å². The van der Waals surface area contributed by atoms with Gasteiger partial charge in [-0.1, -0.05) is 17.7 Å². The van der Waals surface area contributed by atoms with Crippen molar-refractivity contribution in [2.75, 3.05) is 30.0 Å². The van der Waals surface area contributed by atoms with E-state index in [0.717, 1.165) is 25.2 Å². The molecule has 0 saturated carbocycles. The van der Waals surface area contributed by atoms with Gasteiger partial charge in [0.15, 0.2) is 0 Å². The lowest BCUT2D eigenvalue weighted by atomic mass is 10.2. The van der Waals surface area contributed by atoms with E-state index in [9.17, 15) is 13.2 Å². The lowest BCUT2D eigenvalue weighted by molar-refractivity contribution is -0.121. The number of carbonyl (C=O) groups excluding carboxylic acids is 1. The maximum absolute atomic E-state index is 11.8. The largest absolute Gasteiger partial charge is 0.369 e. The molecule has 1 atom stereocenters. The number of hydrogen-bond donors (Lipinski definition) is 1. The minimum Gasteiger partial charge on any atom is -0.369 e. The second-order valence-electron chi connectivity index (χ2n) is 5.71. The molecule has 1 fully saturated rings. The van der Waals surface area contributed by atoms with E-state index in [0.29, 0.717) is 11.4 Å². The minimum atomic E-state index is -3.00. The summed E-state index contributed by atoms with van der Waals surface area (Å²) in [5.41, 5.74) is 1.06. The van der Waals surface area contributed by atoms with Crippen molar-refractivity contribution in [1.29, 1.82) is 0 Å². The number of nitrogens with one attached hydrogen (secondary N) is 1. The third-order valence-corrected chi connectivity index (χ3v) is 4.91. The molecule has 5 nitrogen and oxygen atoms in total. The van der Waals surface area contributed by atoms with Gasteiger partial charge in [0.05, 0.1) is 5.75 Å². The fraction of sp³-hybridized carbons (Fsp3) is 0.533. The SMILES string of the molecule is CS(=O)(=O)CCCC(=O)N[C@@H]1CCN(c2cccc(Cl)c2)C1. The zero-order valence-corrected chi connectivity index (χ0v) is 14.2. The van der Waals surface area contributed by atoms with Gasteiger partial charge in [-0.3, -0.25) is 4.79 Å². The van der Waals surface area contributed by atoms with Crippen LogP contribution in [0.5, 0.6) is 0 Å². The number of benzene rings is 1. The number of sulfone groups is 1. The van der Waals surface area contributed by atoms with E-state index in [-0.39, 0.29) is 24.1 Å². The van der Waals surface area contributed by atoms with Gasteiger partial charge >= 0.3 is 0 Å². The number of carbonyl (C=O) groups is 1. The number of anilines is 1. The predicted octanol–water partition coefficient (Wildman–Crippen LogP) is 1.86. The van der Waals surface area contributed by atoms with Crippen LogP contribution in [0.15, 0.2) is 24.3 Å². The quantitative estimate of drug-likeness (QED) is 0.855. The molecule has 2 rings (SSSR count). The van der Waals surface area contributed by atoms with Crippen molar-refractivity contribution in [2.45, 2.75) is 25.3 Å².